The Bertz CT molecular complexity index is 1590. The van der Waals surface area contributed by atoms with Gasteiger partial charge in [-0.1, -0.05) is 79.4 Å². The summed E-state index contributed by atoms with van der Waals surface area (Å²) in [7, 11) is 0. The predicted octanol–water partition coefficient (Wildman–Crippen LogP) is 5.98. The van der Waals surface area contributed by atoms with Gasteiger partial charge in [-0.15, -0.1) is 0 Å². The molecule has 4 aromatic rings. The zero-order valence-corrected chi connectivity index (χ0v) is 25.4. The van der Waals surface area contributed by atoms with Crippen molar-refractivity contribution in [2.75, 3.05) is 17.2 Å². The molecule has 1 aromatic heterocycles. The van der Waals surface area contributed by atoms with Crippen LogP contribution < -0.4 is 21.3 Å². The van der Waals surface area contributed by atoms with Gasteiger partial charge in [0.2, 0.25) is 5.91 Å². The zero-order chi connectivity index (χ0) is 31.1. The van der Waals surface area contributed by atoms with Gasteiger partial charge in [-0.25, -0.2) is 4.39 Å². The highest BCUT2D eigenvalue weighted by Gasteiger charge is 2.36. The number of amides is 3. The number of rotatable bonds is 10. The van der Waals surface area contributed by atoms with E-state index in [1.54, 1.807) is 12.1 Å². The van der Waals surface area contributed by atoms with Crippen LogP contribution in [0.4, 0.5) is 15.8 Å². The molecular weight excluding hydrogens is 577 g/mol. The van der Waals surface area contributed by atoms with E-state index < -0.39 is 29.6 Å². The Balaban J connectivity index is 1.48. The van der Waals surface area contributed by atoms with Crippen molar-refractivity contribution in [2.45, 2.75) is 57.5 Å². The van der Waals surface area contributed by atoms with Gasteiger partial charge in [0.25, 0.3) is 11.8 Å². The van der Waals surface area contributed by atoms with Crippen molar-refractivity contribution >= 4 is 40.6 Å². The number of carbonyl (C=O) groups excluding carboxylic acids is 3. The van der Waals surface area contributed by atoms with E-state index in [0.29, 0.717) is 24.2 Å². The number of aryl methyl sites for hydroxylation is 1. The number of nitrogens with one attached hydrogen (secondary N) is 2. The van der Waals surface area contributed by atoms with Crippen LogP contribution in [0.1, 0.15) is 75.0 Å². The molecule has 228 valence electrons. The molecular formula is C34H36FN5O3S. The number of carbonyl (C=O) groups is 3. The fraction of sp³-hybridized carbons (Fsp3) is 0.294. The van der Waals surface area contributed by atoms with E-state index >= 15 is 0 Å². The van der Waals surface area contributed by atoms with E-state index in [-0.39, 0.29) is 22.3 Å². The van der Waals surface area contributed by atoms with Crippen molar-refractivity contribution in [2.24, 2.45) is 0 Å². The highest BCUT2D eigenvalue weighted by molar-refractivity contribution is 7.09. The minimum Gasteiger partial charge on any atom is -0.395 e. The molecule has 10 heteroatoms. The molecule has 0 aliphatic heterocycles. The molecule has 0 unspecified atom stereocenters. The molecule has 0 saturated heterocycles. The lowest BCUT2D eigenvalue weighted by atomic mass is 9.95. The quantitative estimate of drug-likeness (QED) is 0.203. The van der Waals surface area contributed by atoms with Crippen molar-refractivity contribution in [3.8, 4) is 0 Å². The number of nitrogen functional groups attached to an aromatic ring is 1. The molecule has 1 heterocycles. The number of benzene rings is 3. The first-order valence-electron chi connectivity index (χ1n) is 14.8. The fourth-order valence-corrected chi connectivity index (χ4v) is 6.18. The van der Waals surface area contributed by atoms with E-state index in [1.165, 1.54) is 29.2 Å². The van der Waals surface area contributed by atoms with Crippen LogP contribution in [0.2, 0.25) is 0 Å². The second-order valence-electron chi connectivity index (χ2n) is 11.1. The van der Waals surface area contributed by atoms with Crippen LogP contribution in [0.5, 0.6) is 0 Å². The third-order valence-corrected chi connectivity index (χ3v) is 8.71. The maximum Gasteiger partial charge on any atom is 0.273 e. The molecule has 0 spiro atoms. The second kappa shape index (κ2) is 14.3. The maximum atomic E-state index is 14.4. The average Bonchev–Trinajstić information content (AvgIpc) is 3.43. The number of halogens is 1. The number of anilines is 2. The summed E-state index contributed by atoms with van der Waals surface area (Å²) in [6.07, 6.45) is 5.61. The molecule has 1 aliphatic carbocycles. The largest absolute Gasteiger partial charge is 0.395 e. The molecule has 4 N–H and O–H groups in total. The number of nitrogens with zero attached hydrogens (tertiary/aromatic N) is 2. The summed E-state index contributed by atoms with van der Waals surface area (Å²) < 4.78 is 18.3. The maximum absolute atomic E-state index is 14.4. The molecule has 1 aliphatic rings. The van der Waals surface area contributed by atoms with Gasteiger partial charge in [0, 0.05) is 18.3 Å². The number of aromatic nitrogens is 1. The first kappa shape index (κ1) is 30.9. The Hall–Kier alpha value is -4.57. The van der Waals surface area contributed by atoms with Crippen LogP contribution in [0, 0.1) is 12.7 Å². The van der Waals surface area contributed by atoms with Crippen LogP contribution in [-0.2, 0) is 11.2 Å². The van der Waals surface area contributed by atoms with E-state index in [9.17, 15) is 18.8 Å². The third-order valence-electron chi connectivity index (χ3n) is 7.86. The minimum absolute atomic E-state index is 0.00146. The van der Waals surface area contributed by atoms with Crippen molar-refractivity contribution < 1.29 is 18.8 Å². The second-order valence-corrected chi connectivity index (χ2v) is 11.8. The van der Waals surface area contributed by atoms with Crippen molar-refractivity contribution in [3.63, 3.8) is 0 Å². The van der Waals surface area contributed by atoms with Crippen molar-refractivity contribution in [1.82, 2.24) is 15.0 Å². The first-order chi connectivity index (χ1) is 21.3. The summed E-state index contributed by atoms with van der Waals surface area (Å²) in [5.74, 6) is -1.92. The Kier molecular flexibility index (Phi) is 10.0. The van der Waals surface area contributed by atoms with Gasteiger partial charge in [-0.05, 0) is 73.1 Å². The molecule has 3 amide bonds. The number of hydrogen-bond donors (Lipinski definition) is 3. The molecule has 1 atom stereocenters. The van der Waals surface area contributed by atoms with Crippen molar-refractivity contribution in [3.05, 3.63) is 112 Å². The summed E-state index contributed by atoms with van der Waals surface area (Å²) in [5, 5.41) is 5.97. The molecule has 1 fully saturated rings. The lowest BCUT2D eigenvalue weighted by molar-refractivity contribution is -0.122. The van der Waals surface area contributed by atoms with Gasteiger partial charge in [-0.2, -0.15) is 4.37 Å². The van der Waals surface area contributed by atoms with Crippen LogP contribution in [0.25, 0.3) is 0 Å². The fourth-order valence-electron chi connectivity index (χ4n) is 5.45. The Morgan fingerprint density at radius 1 is 0.977 bits per heavy atom. The minimum atomic E-state index is -1.16. The van der Waals surface area contributed by atoms with Crippen LogP contribution >= 0.6 is 11.5 Å². The Morgan fingerprint density at radius 3 is 2.34 bits per heavy atom. The Morgan fingerprint density at radius 2 is 1.66 bits per heavy atom. The summed E-state index contributed by atoms with van der Waals surface area (Å²) in [6, 6.07) is 21.3. The lowest BCUT2D eigenvalue weighted by Crippen LogP contribution is -2.44. The van der Waals surface area contributed by atoms with Gasteiger partial charge in [-0.3, -0.25) is 19.3 Å². The molecule has 8 nitrogen and oxygen atoms in total. The van der Waals surface area contributed by atoms with E-state index in [2.05, 4.69) is 15.0 Å². The van der Waals surface area contributed by atoms with Crippen LogP contribution in [0.15, 0.2) is 78.9 Å². The smallest absolute Gasteiger partial charge is 0.273 e. The van der Waals surface area contributed by atoms with Gasteiger partial charge in [0.05, 0.1) is 5.69 Å². The summed E-state index contributed by atoms with van der Waals surface area (Å²) >= 11 is 0.824. The molecule has 1 saturated carbocycles. The molecule has 44 heavy (non-hydrogen) atoms. The molecule has 0 bridgehead atoms. The predicted molar refractivity (Wildman–Crippen MR) is 171 cm³/mol. The standard InChI is InChI=1S/C34H36FN5O3S/c1-22-12-18-27(19-13-22)40(34(43)31-28(36)29(39-44-31)32(41)38-26-10-6-3-7-11-26)30(24-14-16-25(35)17-15-24)33(42)37-21-20-23-8-4-2-5-9-23/h2,4-5,8-9,12-19,26,30H,3,6-7,10-11,20-21,36H2,1H3,(H,37,42)(H,38,41)/t30-/m1/s1. The van der Waals surface area contributed by atoms with E-state index in [1.807, 2.05) is 49.4 Å². The average molecular weight is 614 g/mol. The molecule has 3 aromatic carbocycles. The van der Waals surface area contributed by atoms with E-state index in [4.69, 9.17) is 5.73 Å². The van der Waals surface area contributed by atoms with Gasteiger partial charge in [0.15, 0.2) is 5.69 Å². The topological polar surface area (TPSA) is 117 Å². The van der Waals surface area contributed by atoms with Gasteiger partial charge in [0.1, 0.15) is 16.7 Å². The van der Waals surface area contributed by atoms with Gasteiger partial charge < -0.3 is 16.4 Å². The first-order valence-corrected chi connectivity index (χ1v) is 15.6. The SMILES string of the molecule is Cc1ccc(N(C(=O)c2snc(C(=O)NC3CCCCC3)c2N)[C@@H](C(=O)NCCc2ccccc2)c2ccc(F)cc2)cc1. The number of hydrogen-bond acceptors (Lipinski definition) is 6. The summed E-state index contributed by atoms with van der Waals surface area (Å²) in [6.45, 7) is 2.24. The Labute approximate surface area is 260 Å². The zero-order valence-electron chi connectivity index (χ0n) is 24.6. The third kappa shape index (κ3) is 7.31. The van der Waals surface area contributed by atoms with Crippen LogP contribution in [-0.4, -0.2) is 34.7 Å². The van der Waals surface area contributed by atoms with E-state index in [0.717, 1.165) is 54.8 Å². The highest BCUT2D eigenvalue weighted by Crippen LogP contribution is 2.33. The normalized spacial score (nSPS) is 14.0. The molecule has 5 rings (SSSR count). The lowest BCUT2D eigenvalue weighted by Gasteiger charge is -2.31. The van der Waals surface area contributed by atoms with Crippen molar-refractivity contribution in [1.29, 1.82) is 0 Å². The highest BCUT2D eigenvalue weighted by atomic mass is 32.1. The monoisotopic (exact) mass is 613 g/mol. The number of nitrogens with two attached hydrogens (primary N) is 1. The van der Waals surface area contributed by atoms with Gasteiger partial charge >= 0.3 is 0 Å². The summed E-state index contributed by atoms with van der Waals surface area (Å²) in [4.78, 5) is 42.8. The summed E-state index contributed by atoms with van der Waals surface area (Å²) in [5.41, 5.74) is 9.25. The molecule has 0 radical (unpaired) electrons. The van der Waals surface area contributed by atoms with Crippen LogP contribution in [0.3, 0.4) is 0 Å².